The lowest BCUT2D eigenvalue weighted by Crippen LogP contribution is -2.29. The molecule has 2 aromatic rings. The number of hydrogen-bond acceptors (Lipinski definition) is 6. The Balaban J connectivity index is 2.12. The van der Waals surface area contributed by atoms with Gasteiger partial charge in [0.05, 0.1) is 12.6 Å². The first-order valence-corrected chi connectivity index (χ1v) is 7.38. The van der Waals surface area contributed by atoms with Gasteiger partial charge in [-0.2, -0.15) is 4.98 Å². The topological polar surface area (TPSA) is 121 Å². The van der Waals surface area contributed by atoms with Gasteiger partial charge < -0.3 is 25.4 Å². The normalized spacial score (nSPS) is 11.9. The molecule has 0 unspecified atom stereocenters. The third-order valence-electron chi connectivity index (χ3n) is 3.31. The molecule has 4 N–H and O–H groups in total. The highest BCUT2D eigenvalue weighted by Gasteiger charge is 2.21. The Morgan fingerprint density at radius 1 is 1.30 bits per heavy atom. The number of anilines is 1. The zero-order valence-corrected chi connectivity index (χ0v) is 12.8. The van der Waals surface area contributed by atoms with Gasteiger partial charge in [0.1, 0.15) is 0 Å². The Morgan fingerprint density at radius 3 is 2.61 bits per heavy atom. The number of hydrogen-bond donors (Lipinski definition) is 4. The molecular formula is C15H20N4O4. The van der Waals surface area contributed by atoms with E-state index in [0.717, 1.165) is 12.0 Å². The van der Waals surface area contributed by atoms with E-state index >= 15 is 0 Å². The van der Waals surface area contributed by atoms with E-state index < -0.39 is 12.1 Å². The van der Waals surface area contributed by atoms with Crippen molar-refractivity contribution in [2.45, 2.75) is 25.8 Å². The summed E-state index contributed by atoms with van der Waals surface area (Å²) in [7, 11) is 0. The van der Waals surface area contributed by atoms with E-state index in [0.29, 0.717) is 6.42 Å². The minimum Gasteiger partial charge on any atom is -0.465 e. The fourth-order valence-corrected chi connectivity index (χ4v) is 2.11. The maximum Gasteiger partial charge on any atom is 0.405 e. The Morgan fingerprint density at radius 2 is 2.00 bits per heavy atom. The fraction of sp³-hybridized carbons (Fsp3) is 0.400. The minimum absolute atomic E-state index is 0.0711. The van der Waals surface area contributed by atoms with Crippen molar-refractivity contribution in [3.8, 4) is 0 Å². The Hall–Kier alpha value is -2.61. The number of aliphatic hydroxyl groups is 1. The highest BCUT2D eigenvalue weighted by atomic mass is 16.5. The van der Waals surface area contributed by atoms with Crippen molar-refractivity contribution in [2.24, 2.45) is 0 Å². The van der Waals surface area contributed by atoms with Crippen LogP contribution in [0.2, 0.25) is 0 Å². The summed E-state index contributed by atoms with van der Waals surface area (Å²) in [4.78, 5) is 15.1. The van der Waals surface area contributed by atoms with E-state index in [1.165, 1.54) is 5.56 Å². The number of amides is 1. The van der Waals surface area contributed by atoms with Crippen molar-refractivity contribution in [3.05, 3.63) is 41.2 Å². The first kappa shape index (κ1) is 16.8. The molecule has 0 bridgehead atoms. The summed E-state index contributed by atoms with van der Waals surface area (Å²) in [5, 5.41) is 26.7. The van der Waals surface area contributed by atoms with Crippen LogP contribution in [-0.2, 0) is 12.8 Å². The average Bonchev–Trinajstić information content (AvgIpc) is 3.01. The molecule has 0 radical (unpaired) electrons. The fourth-order valence-electron chi connectivity index (χ4n) is 2.11. The standard InChI is InChI=1S/C15H20N4O4/c1-2-10-3-5-11(6-4-10)9-12(17-15(21)22)13-18-14(23-19-13)16-7-8-20/h3-6,12,17,20H,2,7-9H2,1H3,(H,21,22)(H,16,18,19)/t12-/m0/s1. The molecule has 0 aliphatic heterocycles. The van der Waals surface area contributed by atoms with Gasteiger partial charge in [0, 0.05) is 13.0 Å². The molecule has 2 rings (SSSR count). The highest BCUT2D eigenvalue weighted by molar-refractivity contribution is 5.65. The number of nitrogens with one attached hydrogen (secondary N) is 2. The molecule has 0 aliphatic rings. The van der Waals surface area contributed by atoms with E-state index in [1.54, 1.807) is 0 Å². The molecule has 1 amide bonds. The second-order valence-electron chi connectivity index (χ2n) is 4.98. The maximum atomic E-state index is 11.0. The molecule has 124 valence electrons. The number of aliphatic hydroxyl groups excluding tert-OH is 1. The molecule has 1 aromatic carbocycles. The van der Waals surface area contributed by atoms with E-state index in [-0.39, 0.29) is 25.0 Å². The monoisotopic (exact) mass is 320 g/mol. The second-order valence-corrected chi connectivity index (χ2v) is 4.98. The van der Waals surface area contributed by atoms with Crippen LogP contribution in [0, 0.1) is 0 Å². The first-order chi connectivity index (χ1) is 11.1. The first-order valence-electron chi connectivity index (χ1n) is 7.38. The van der Waals surface area contributed by atoms with Crippen molar-refractivity contribution in [3.63, 3.8) is 0 Å². The Labute approximate surface area is 133 Å². The lowest BCUT2D eigenvalue weighted by atomic mass is 10.0. The zero-order valence-electron chi connectivity index (χ0n) is 12.8. The lowest BCUT2D eigenvalue weighted by Gasteiger charge is -2.13. The number of benzene rings is 1. The van der Waals surface area contributed by atoms with Crippen LogP contribution >= 0.6 is 0 Å². The zero-order chi connectivity index (χ0) is 16.7. The van der Waals surface area contributed by atoms with Gasteiger partial charge in [-0.25, -0.2) is 4.79 Å². The summed E-state index contributed by atoms with van der Waals surface area (Å²) < 4.78 is 4.99. The molecule has 1 aromatic heterocycles. The summed E-state index contributed by atoms with van der Waals surface area (Å²) in [6.45, 7) is 2.28. The second kappa shape index (κ2) is 8.14. The van der Waals surface area contributed by atoms with Gasteiger partial charge in [0.2, 0.25) is 0 Å². The number of nitrogens with zero attached hydrogens (tertiary/aromatic N) is 2. The van der Waals surface area contributed by atoms with Gasteiger partial charge >= 0.3 is 12.1 Å². The van der Waals surface area contributed by atoms with Gasteiger partial charge in [-0.05, 0) is 17.5 Å². The molecule has 0 saturated carbocycles. The van der Waals surface area contributed by atoms with E-state index in [2.05, 4.69) is 27.7 Å². The minimum atomic E-state index is -1.16. The van der Waals surface area contributed by atoms with Crippen molar-refractivity contribution < 1.29 is 19.5 Å². The van der Waals surface area contributed by atoms with Crippen LogP contribution in [0.15, 0.2) is 28.8 Å². The van der Waals surface area contributed by atoms with Crippen molar-refractivity contribution >= 4 is 12.1 Å². The average molecular weight is 320 g/mol. The van der Waals surface area contributed by atoms with Crippen molar-refractivity contribution in [2.75, 3.05) is 18.5 Å². The molecular weight excluding hydrogens is 300 g/mol. The molecule has 23 heavy (non-hydrogen) atoms. The summed E-state index contributed by atoms with van der Waals surface area (Å²) in [5.74, 6) is 0.243. The molecule has 0 aliphatic carbocycles. The summed E-state index contributed by atoms with van der Waals surface area (Å²) >= 11 is 0. The Bertz CT molecular complexity index is 627. The third-order valence-corrected chi connectivity index (χ3v) is 3.31. The summed E-state index contributed by atoms with van der Waals surface area (Å²) in [6.07, 6.45) is 0.201. The molecule has 0 fully saturated rings. The molecule has 8 heteroatoms. The van der Waals surface area contributed by atoms with Crippen molar-refractivity contribution in [1.29, 1.82) is 0 Å². The smallest absolute Gasteiger partial charge is 0.405 e. The number of rotatable bonds is 8. The SMILES string of the molecule is CCc1ccc(C[C@H](NC(=O)O)c2noc(NCCO)n2)cc1. The molecule has 0 spiro atoms. The van der Waals surface area contributed by atoms with Crippen LogP contribution in [0.5, 0.6) is 0 Å². The van der Waals surface area contributed by atoms with Crippen LogP contribution in [0.1, 0.15) is 29.9 Å². The quantitative estimate of drug-likeness (QED) is 0.583. The lowest BCUT2D eigenvalue weighted by molar-refractivity contribution is 0.189. The van der Waals surface area contributed by atoms with E-state index in [4.69, 9.17) is 14.7 Å². The van der Waals surface area contributed by atoms with Gasteiger partial charge in [0.15, 0.2) is 5.82 Å². The summed E-state index contributed by atoms with van der Waals surface area (Å²) in [6, 6.07) is 7.47. The summed E-state index contributed by atoms with van der Waals surface area (Å²) in [5.41, 5.74) is 2.18. The number of aromatic nitrogens is 2. The van der Waals surface area contributed by atoms with Crippen molar-refractivity contribution in [1.82, 2.24) is 15.5 Å². The van der Waals surface area contributed by atoms with E-state index in [1.807, 2.05) is 24.3 Å². The molecule has 1 atom stereocenters. The van der Waals surface area contributed by atoms with Gasteiger partial charge in [-0.1, -0.05) is 36.3 Å². The van der Waals surface area contributed by atoms with Gasteiger partial charge in [-0.15, -0.1) is 0 Å². The number of aryl methyl sites for hydroxylation is 1. The molecule has 0 saturated heterocycles. The van der Waals surface area contributed by atoms with Crippen LogP contribution in [0.3, 0.4) is 0 Å². The third kappa shape index (κ3) is 4.96. The van der Waals surface area contributed by atoms with Gasteiger partial charge in [0.25, 0.3) is 0 Å². The largest absolute Gasteiger partial charge is 0.465 e. The van der Waals surface area contributed by atoms with E-state index in [9.17, 15) is 4.79 Å². The predicted octanol–water partition coefficient (Wildman–Crippen LogP) is 1.59. The molecule has 8 nitrogen and oxygen atoms in total. The Kier molecular flexibility index (Phi) is 5.93. The number of carbonyl (C=O) groups is 1. The number of carboxylic acid groups (broad SMARTS) is 1. The van der Waals surface area contributed by atoms with Crippen LogP contribution in [-0.4, -0.2) is 39.6 Å². The maximum absolute atomic E-state index is 11.0. The van der Waals surface area contributed by atoms with Crippen LogP contribution in [0.4, 0.5) is 10.8 Å². The predicted molar refractivity (Wildman–Crippen MR) is 83.3 cm³/mol. The highest BCUT2D eigenvalue weighted by Crippen LogP contribution is 2.18. The van der Waals surface area contributed by atoms with Gasteiger partial charge in [-0.3, -0.25) is 0 Å². The molecule has 1 heterocycles. The van der Waals surface area contributed by atoms with Crippen LogP contribution < -0.4 is 10.6 Å². The van der Waals surface area contributed by atoms with Crippen LogP contribution in [0.25, 0.3) is 0 Å².